The molecule has 5 nitrogen and oxygen atoms in total. The van der Waals surface area contributed by atoms with Gasteiger partial charge in [-0.05, 0) is 13.8 Å². The van der Waals surface area contributed by atoms with Crippen LogP contribution in [0.5, 0.6) is 0 Å². The van der Waals surface area contributed by atoms with Crippen molar-refractivity contribution >= 4 is 5.91 Å². The summed E-state index contributed by atoms with van der Waals surface area (Å²) in [6, 6.07) is 1.92. The second-order valence-electron chi connectivity index (χ2n) is 3.85. The minimum atomic E-state index is -0.630. The van der Waals surface area contributed by atoms with E-state index in [9.17, 15) is 4.79 Å². The van der Waals surface area contributed by atoms with Gasteiger partial charge in [0.15, 0.2) is 0 Å². The number of aliphatic hydroxyl groups excluding tert-OH is 1. The zero-order valence-electron chi connectivity index (χ0n) is 9.01. The molecule has 0 aromatic rings. The number of nitrogens with zero attached hydrogens (tertiary/aromatic N) is 2. The van der Waals surface area contributed by atoms with Crippen molar-refractivity contribution in [2.24, 2.45) is 5.92 Å². The Morgan fingerprint density at radius 2 is 2.40 bits per heavy atom. The van der Waals surface area contributed by atoms with Crippen molar-refractivity contribution in [3.8, 4) is 6.07 Å². The summed E-state index contributed by atoms with van der Waals surface area (Å²) in [5, 5.41) is 17.6. The summed E-state index contributed by atoms with van der Waals surface area (Å²) in [5.74, 6) is -0.819. The molecule has 3 atom stereocenters. The highest BCUT2D eigenvalue weighted by molar-refractivity contribution is 5.80. The van der Waals surface area contributed by atoms with Crippen LogP contribution in [0.3, 0.4) is 0 Å². The lowest BCUT2D eigenvalue weighted by molar-refractivity contribution is -0.149. The number of rotatable bonds is 2. The van der Waals surface area contributed by atoms with E-state index in [1.54, 1.807) is 11.8 Å². The fourth-order valence-electron chi connectivity index (χ4n) is 1.66. The van der Waals surface area contributed by atoms with Crippen molar-refractivity contribution in [3.63, 3.8) is 0 Å². The summed E-state index contributed by atoms with van der Waals surface area (Å²) in [7, 11) is 0. The third-order valence-electron chi connectivity index (χ3n) is 2.41. The molecule has 0 bridgehead atoms. The molecule has 1 N–H and O–H groups in total. The van der Waals surface area contributed by atoms with Gasteiger partial charge in [0, 0.05) is 13.1 Å². The van der Waals surface area contributed by atoms with E-state index in [4.69, 9.17) is 15.1 Å². The number of nitriles is 1. The lowest BCUT2D eigenvalue weighted by Crippen LogP contribution is -2.51. The number of hydrogen-bond acceptors (Lipinski definition) is 4. The molecule has 1 fully saturated rings. The molecular weight excluding hydrogens is 196 g/mol. The van der Waals surface area contributed by atoms with E-state index in [0.29, 0.717) is 13.1 Å². The molecular formula is C10H16N2O3. The quantitative estimate of drug-likeness (QED) is 0.685. The molecule has 84 valence electrons. The van der Waals surface area contributed by atoms with E-state index in [2.05, 4.69) is 0 Å². The Morgan fingerprint density at radius 1 is 1.73 bits per heavy atom. The first-order valence-electron chi connectivity index (χ1n) is 5.03. The van der Waals surface area contributed by atoms with Crippen LogP contribution in [-0.2, 0) is 9.53 Å². The normalized spacial score (nSPS) is 28.3. The Kier molecular flexibility index (Phi) is 4.06. The Bertz CT molecular complexity index is 274. The van der Waals surface area contributed by atoms with Gasteiger partial charge < -0.3 is 14.7 Å². The second kappa shape index (κ2) is 5.10. The average Bonchev–Trinajstić information content (AvgIpc) is 2.26. The van der Waals surface area contributed by atoms with Gasteiger partial charge in [0.25, 0.3) is 0 Å². The zero-order chi connectivity index (χ0) is 11.4. The summed E-state index contributed by atoms with van der Waals surface area (Å²) < 4.78 is 5.40. The van der Waals surface area contributed by atoms with Crippen molar-refractivity contribution in [2.45, 2.75) is 26.1 Å². The Labute approximate surface area is 89.2 Å². The molecule has 1 aliphatic rings. The van der Waals surface area contributed by atoms with Crippen molar-refractivity contribution in [1.82, 2.24) is 4.90 Å². The Morgan fingerprint density at radius 3 is 2.93 bits per heavy atom. The van der Waals surface area contributed by atoms with Crippen LogP contribution in [0.1, 0.15) is 13.8 Å². The third-order valence-corrected chi connectivity index (χ3v) is 2.41. The van der Waals surface area contributed by atoms with E-state index < -0.39 is 5.92 Å². The van der Waals surface area contributed by atoms with Crippen LogP contribution in [0, 0.1) is 17.2 Å². The fourth-order valence-corrected chi connectivity index (χ4v) is 1.66. The van der Waals surface area contributed by atoms with Crippen LogP contribution < -0.4 is 0 Å². The van der Waals surface area contributed by atoms with Crippen molar-refractivity contribution in [2.75, 3.05) is 19.7 Å². The Hall–Kier alpha value is -1.12. The number of hydrogen-bond donors (Lipinski definition) is 1. The molecule has 1 amide bonds. The van der Waals surface area contributed by atoms with Crippen LogP contribution in [0.2, 0.25) is 0 Å². The monoisotopic (exact) mass is 212 g/mol. The highest BCUT2D eigenvalue weighted by Gasteiger charge is 2.30. The minimum absolute atomic E-state index is 0.0919. The van der Waals surface area contributed by atoms with Gasteiger partial charge in [-0.25, -0.2) is 0 Å². The van der Waals surface area contributed by atoms with Gasteiger partial charge in [0.2, 0.25) is 5.91 Å². The van der Waals surface area contributed by atoms with Gasteiger partial charge in [-0.3, -0.25) is 4.79 Å². The summed E-state index contributed by atoms with van der Waals surface area (Å²) in [6.07, 6.45) is -0.422. The molecule has 1 aliphatic heterocycles. The zero-order valence-corrected chi connectivity index (χ0v) is 9.01. The van der Waals surface area contributed by atoms with E-state index in [-0.39, 0.29) is 24.7 Å². The molecule has 0 radical (unpaired) electrons. The van der Waals surface area contributed by atoms with Gasteiger partial charge in [-0.15, -0.1) is 0 Å². The highest BCUT2D eigenvalue weighted by Crippen LogP contribution is 2.13. The smallest absolute Gasteiger partial charge is 0.239 e. The van der Waals surface area contributed by atoms with Gasteiger partial charge in [-0.1, -0.05) is 0 Å². The topological polar surface area (TPSA) is 73.6 Å². The maximum absolute atomic E-state index is 11.7. The molecule has 0 aromatic heterocycles. The second-order valence-corrected chi connectivity index (χ2v) is 3.85. The standard InChI is InChI=1S/C10H16N2O3/c1-7(3-11)10(14)12-4-8(2)15-9(5-12)6-13/h7-9,13H,4-6H2,1-2H3. The lowest BCUT2D eigenvalue weighted by Gasteiger charge is -2.36. The van der Waals surface area contributed by atoms with Crippen LogP contribution in [0.25, 0.3) is 0 Å². The number of amides is 1. The molecule has 0 spiro atoms. The highest BCUT2D eigenvalue weighted by atomic mass is 16.5. The lowest BCUT2D eigenvalue weighted by atomic mass is 10.1. The molecule has 0 aromatic carbocycles. The Balaban J connectivity index is 2.62. The van der Waals surface area contributed by atoms with Crippen LogP contribution in [0.15, 0.2) is 0 Å². The van der Waals surface area contributed by atoms with Gasteiger partial charge >= 0.3 is 0 Å². The largest absolute Gasteiger partial charge is 0.394 e. The van der Waals surface area contributed by atoms with E-state index >= 15 is 0 Å². The van der Waals surface area contributed by atoms with Crippen LogP contribution in [-0.4, -0.2) is 47.8 Å². The molecule has 1 rings (SSSR count). The number of aliphatic hydroxyl groups is 1. The van der Waals surface area contributed by atoms with E-state index in [1.165, 1.54) is 0 Å². The molecule has 5 heteroatoms. The molecule has 1 heterocycles. The molecule has 0 saturated carbocycles. The number of carbonyl (C=O) groups excluding carboxylic acids is 1. The number of ether oxygens (including phenoxy) is 1. The first-order chi connectivity index (χ1) is 7.08. The van der Waals surface area contributed by atoms with Gasteiger partial charge in [0.1, 0.15) is 5.92 Å². The van der Waals surface area contributed by atoms with Crippen LogP contribution in [0.4, 0.5) is 0 Å². The first kappa shape index (κ1) is 12.0. The van der Waals surface area contributed by atoms with Crippen LogP contribution >= 0.6 is 0 Å². The first-order valence-corrected chi connectivity index (χ1v) is 5.03. The van der Waals surface area contributed by atoms with E-state index in [0.717, 1.165) is 0 Å². The minimum Gasteiger partial charge on any atom is -0.394 e. The summed E-state index contributed by atoms with van der Waals surface area (Å²) >= 11 is 0. The molecule has 15 heavy (non-hydrogen) atoms. The number of carbonyl (C=O) groups is 1. The summed E-state index contributed by atoms with van der Waals surface area (Å²) in [6.45, 7) is 4.18. The fraction of sp³-hybridized carbons (Fsp3) is 0.800. The summed E-state index contributed by atoms with van der Waals surface area (Å²) in [5.41, 5.74) is 0. The van der Waals surface area contributed by atoms with Gasteiger partial charge in [-0.2, -0.15) is 5.26 Å². The SMILES string of the molecule is CC1CN(C(=O)C(C)C#N)CC(CO)O1. The van der Waals surface area contributed by atoms with Crippen molar-refractivity contribution in [3.05, 3.63) is 0 Å². The number of morpholine rings is 1. The third kappa shape index (κ3) is 2.91. The predicted molar refractivity (Wildman–Crippen MR) is 52.8 cm³/mol. The van der Waals surface area contributed by atoms with Crippen molar-refractivity contribution in [1.29, 1.82) is 5.26 Å². The maximum Gasteiger partial charge on any atom is 0.239 e. The average molecular weight is 212 g/mol. The molecule has 3 unspecified atom stereocenters. The summed E-state index contributed by atoms with van der Waals surface area (Å²) in [4.78, 5) is 13.3. The van der Waals surface area contributed by atoms with Crippen molar-refractivity contribution < 1.29 is 14.6 Å². The predicted octanol–water partition coefficient (Wildman–Crippen LogP) is -0.246. The van der Waals surface area contributed by atoms with E-state index in [1.807, 2.05) is 13.0 Å². The molecule has 1 saturated heterocycles. The van der Waals surface area contributed by atoms with Gasteiger partial charge in [0.05, 0.1) is 24.9 Å². The molecule has 0 aliphatic carbocycles. The maximum atomic E-state index is 11.7.